The van der Waals surface area contributed by atoms with Crippen LogP contribution in [0.4, 0.5) is 0 Å². The molecule has 0 unspecified atom stereocenters. The van der Waals surface area contributed by atoms with E-state index in [9.17, 15) is 4.79 Å². The molecule has 7 atom stereocenters. The maximum Gasteiger partial charge on any atom is 0.302 e. The molecule has 0 heterocycles. The van der Waals surface area contributed by atoms with Crippen LogP contribution in [-0.4, -0.2) is 12.1 Å². The Bertz CT molecular complexity index is 486. The first-order valence-electron chi connectivity index (χ1n) is 10.1. The summed E-state index contributed by atoms with van der Waals surface area (Å²) in [6, 6.07) is 0. The molecule has 4 saturated carbocycles. The summed E-state index contributed by atoms with van der Waals surface area (Å²) >= 11 is 0. The Morgan fingerprint density at radius 2 is 1.70 bits per heavy atom. The summed E-state index contributed by atoms with van der Waals surface area (Å²) in [6.45, 7) is 6.63. The molecular weight excluding hydrogens is 284 g/mol. The predicted octanol–water partition coefficient (Wildman–Crippen LogP) is 5.35. The quantitative estimate of drug-likeness (QED) is 0.609. The van der Waals surface area contributed by atoms with Crippen molar-refractivity contribution >= 4 is 5.97 Å². The van der Waals surface area contributed by atoms with Crippen molar-refractivity contribution in [1.29, 1.82) is 0 Å². The van der Waals surface area contributed by atoms with Gasteiger partial charge in [0.2, 0.25) is 0 Å². The summed E-state index contributed by atoms with van der Waals surface area (Å²) in [4.78, 5) is 11.7. The molecule has 4 rings (SSSR count). The van der Waals surface area contributed by atoms with Gasteiger partial charge >= 0.3 is 5.97 Å². The smallest absolute Gasteiger partial charge is 0.302 e. The lowest BCUT2D eigenvalue weighted by Gasteiger charge is -2.61. The number of carbonyl (C=O) groups is 1. The van der Waals surface area contributed by atoms with Gasteiger partial charge in [-0.1, -0.05) is 33.1 Å². The predicted molar refractivity (Wildman–Crippen MR) is 91.9 cm³/mol. The molecule has 0 amide bonds. The Kier molecular flexibility index (Phi) is 3.81. The van der Waals surface area contributed by atoms with Crippen molar-refractivity contribution in [3.8, 4) is 0 Å². The van der Waals surface area contributed by atoms with E-state index in [0.717, 1.165) is 30.1 Å². The van der Waals surface area contributed by atoms with E-state index >= 15 is 0 Å². The van der Waals surface area contributed by atoms with Gasteiger partial charge in [-0.2, -0.15) is 0 Å². The zero-order chi connectivity index (χ0) is 16.2. The molecule has 4 aliphatic carbocycles. The highest BCUT2D eigenvalue weighted by Gasteiger charge is 2.61. The van der Waals surface area contributed by atoms with Crippen molar-refractivity contribution < 1.29 is 9.53 Å². The maximum absolute atomic E-state index is 11.7. The normalized spacial score (nSPS) is 52.2. The molecule has 0 aromatic carbocycles. The third-order valence-corrected chi connectivity index (χ3v) is 8.77. The van der Waals surface area contributed by atoms with Crippen LogP contribution >= 0.6 is 0 Å². The minimum absolute atomic E-state index is 0.0681. The minimum atomic E-state index is -0.0681. The van der Waals surface area contributed by atoms with Crippen molar-refractivity contribution in [2.45, 2.75) is 91.1 Å². The first-order chi connectivity index (χ1) is 10.9. The second kappa shape index (κ2) is 5.49. The molecule has 130 valence electrons. The fourth-order valence-electron chi connectivity index (χ4n) is 7.61. The van der Waals surface area contributed by atoms with Crippen LogP contribution in [0.1, 0.15) is 85.0 Å². The van der Waals surface area contributed by atoms with Crippen LogP contribution in [-0.2, 0) is 9.53 Å². The molecule has 2 heteroatoms. The van der Waals surface area contributed by atoms with Crippen molar-refractivity contribution in [3.05, 3.63) is 0 Å². The molecule has 2 nitrogen and oxygen atoms in total. The van der Waals surface area contributed by atoms with E-state index in [2.05, 4.69) is 13.8 Å². The second-order valence-electron chi connectivity index (χ2n) is 9.63. The number of esters is 1. The lowest BCUT2D eigenvalue weighted by Crippen LogP contribution is -2.57. The lowest BCUT2D eigenvalue weighted by molar-refractivity contribution is -0.183. The van der Waals surface area contributed by atoms with Gasteiger partial charge in [0.05, 0.1) is 0 Å². The molecule has 4 aliphatic rings. The Balaban J connectivity index is 1.68. The zero-order valence-electron chi connectivity index (χ0n) is 15.3. The van der Waals surface area contributed by atoms with Gasteiger partial charge in [0.1, 0.15) is 6.10 Å². The van der Waals surface area contributed by atoms with Gasteiger partial charge in [0.25, 0.3) is 0 Å². The van der Waals surface area contributed by atoms with E-state index in [1.807, 2.05) is 0 Å². The first kappa shape index (κ1) is 16.0. The highest BCUT2D eigenvalue weighted by atomic mass is 16.5. The van der Waals surface area contributed by atoms with Crippen molar-refractivity contribution in [3.63, 3.8) is 0 Å². The first-order valence-corrected chi connectivity index (χ1v) is 10.1. The maximum atomic E-state index is 11.7. The van der Waals surface area contributed by atoms with Gasteiger partial charge in [-0.3, -0.25) is 4.79 Å². The van der Waals surface area contributed by atoms with Crippen molar-refractivity contribution in [1.82, 2.24) is 0 Å². The molecule has 0 N–H and O–H groups in total. The lowest BCUT2D eigenvalue weighted by atomic mass is 9.45. The highest BCUT2D eigenvalue weighted by Crippen LogP contribution is 2.66. The number of rotatable bonds is 1. The summed E-state index contributed by atoms with van der Waals surface area (Å²) in [7, 11) is 0. The summed E-state index contributed by atoms with van der Waals surface area (Å²) < 4.78 is 5.94. The summed E-state index contributed by atoms with van der Waals surface area (Å²) in [5.74, 6) is 3.35. The van der Waals surface area contributed by atoms with Crippen molar-refractivity contribution in [2.75, 3.05) is 0 Å². The molecule has 0 radical (unpaired) electrons. The number of ether oxygens (including phenoxy) is 1. The molecule has 23 heavy (non-hydrogen) atoms. The van der Waals surface area contributed by atoms with Crippen LogP contribution in [0.25, 0.3) is 0 Å². The number of hydrogen-bond acceptors (Lipinski definition) is 2. The summed E-state index contributed by atoms with van der Waals surface area (Å²) in [5, 5.41) is 0. The molecular formula is C21H34O2. The Hall–Kier alpha value is -0.530. The molecule has 0 saturated heterocycles. The van der Waals surface area contributed by atoms with Crippen LogP contribution in [0.2, 0.25) is 0 Å². The molecule has 0 bridgehead atoms. The third kappa shape index (κ3) is 2.30. The SMILES string of the molecule is CC(=O)O[C@@H]1C[C@@H]2[C@H](CC[C@H]3CCCC[C@@]32C)[C@@H]2CCC[C@]12C. The largest absolute Gasteiger partial charge is 0.462 e. The van der Waals surface area contributed by atoms with Gasteiger partial charge in [-0.25, -0.2) is 0 Å². The molecule has 0 aliphatic heterocycles. The molecule has 0 aromatic rings. The molecule has 4 fully saturated rings. The van der Waals surface area contributed by atoms with Gasteiger partial charge in [0, 0.05) is 12.3 Å². The Morgan fingerprint density at radius 1 is 0.913 bits per heavy atom. The van der Waals surface area contributed by atoms with E-state index in [4.69, 9.17) is 4.74 Å². The van der Waals surface area contributed by atoms with Crippen LogP contribution < -0.4 is 0 Å². The Morgan fingerprint density at radius 3 is 2.48 bits per heavy atom. The highest BCUT2D eigenvalue weighted by molar-refractivity contribution is 5.66. The van der Waals surface area contributed by atoms with Crippen LogP contribution in [0, 0.1) is 34.5 Å². The number of fused-ring (bicyclic) bond motifs is 5. The van der Waals surface area contributed by atoms with Crippen molar-refractivity contribution in [2.24, 2.45) is 34.5 Å². The standard InChI is InChI=1S/C21H34O2/c1-14(22)23-19-13-18-16(17-8-6-12-21(17,19)3)10-9-15-7-4-5-11-20(15,18)2/h15-19H,4-13H2,1-3H3/t15-,16-,17+,18-,19-,20+,21+/m1/s1. The average Bonchev–Trinajstić information content (AvgIpc) is 2.90. The fourth-order valence-corrected chi connectivity index (χ4v) is 7.61. The van der Waals surface area contributed by atoms with Gasteiger partial charge < -0.3 is 4.74 Å². The third-order valence-electron chi connectivity index (χ3n) is 8.77. The zero-order valence-corrected chi connectivity index (χ0v) is 15.3. The topological polar surface area (TPSA) is 26.3 Å². The van der Waals surface area contributed by atoms with E-state index in [1.54, 1.807) is 6.92 Å². The van der Waals surface area contributed by atoms with Gasteiger partial charge in [-0.15, -0.1) is 0 Å². The molecule has 0 aromatic heterocycles. The van der Waals surface area contributed by atoms with Crippen LogP contribution in [0.5, 0.6) is 0 Å². The van der Waals surface area contributed by atoms with Crippen LogP contribution in [0.15, 0.2) is 0 Å². The fraction of sp³-hybridized carbons (Fsp3) is 0.952. The monoisotopic (exact) mass is 318 g/mol. The number of hydrogen-bond donors (Lipinski definition) is 0. The van der Waals surface area contributed by atoms with Crippen LogP contribution in [0.3, 0.4) is 0 Å². The average molecular weight is 319 g/mol. The minimum Gasteiger partial charge on any atom is -0.462 e. The van der Waals surface area contributed by atoms with E-state index < -0.39 is 0 Å². The van der Waals surface area contributed by atoms with Gasteiger partial charge in [-0.05, 0) is 74.0 Å². The Labute approximate surface area is 141 Å². The summed E-state index contributed by atoms with van der Waals surface area (Å²) in [5.41, 5.74) is 0.772. The molecule has 0 spiro atoms. The second-order valence-corrected chi connectivity index (χ2v) is 9.63. The van der Waals surface area contributed by atoms with E-state index in [1.165, 1.54) is 57.8 Å². The number of carbonyl (C=O) groups excluding carboxylic acids is 1. The van der Waals surface area contributed by atoms with E-state index in [0.29, 0.717) is 5.41 Å². The van der Waals surface area contributed by atoms with E-state index in [-0.39, 0.29) is 17.5 Å². The van der Waals surface area contributed by atoms with Gasteiger partial charge in [0.15, 0.2) is 0 Å². The summed E-state index contributed by atoms with van der Waals surface area (Å²) in [6.07, 6.45) is 13.9.